The fourth-order valence-corrected chi connectivity index (χ4v) is 4.63. The van der Waals surface area contributed by atoms with Crippen LogP contribution in [0.4, 0.5) is 0 Å². The zero-order valence-electron chi connectivity index (χ0n) is 9.85. The van der Waals surface area contributed by atoms with Crippen LogP contribution in [-0.4, -0.2) is 16.1 Å². The van der Waals surface area contributed by atoms with Gasteiger partial charge in [0.15, 0.2) is 0 Å². The first kappa shape index (κ1) is 12.2. The van der Waals surface area contributed by atoms with Crippen molar-refractivity contribution in [1.82, 2.24) is 4.98 Å². The first-order valence-electron chi connectivity index (χ1n) is 5.68. The molecule has 0 spiro atoms. The van der Waals surface area contributed by atoms with Crippen molar-refractivity contribution in [3.05, 3.63) is 58.2 Å². The van der Waals surface area contributed by atoms with E-state index >= 15 is 0 Å². The molecule has 0 saturated carbocycles. The summed E-state index contributed by atoms with van der Waals surface area (Å²) >= 11 is 1.25. The molecule has 96 valence electrons. The number of rotatable bonds is 3. The molecule has 0 radical (unpaired) electrons. The number of benzene rings is 1. The zero-order valence-corrected chi connectivity index (χ0v) is 11.6. The van der Waals surface area contributed by atoms with Gasteiger partial charge >= 0.3 is 5.97 Å². The van der Waals surface area contributed by atoms with Gasteiger partial charge < -0.3 is 5.11 Å². The van der Waals surface area contributed by atoms with Gasteiger partial charge in [0.1, 0.15) is 14.9 Å². The fourth-order valence-electron chi connectivity index (χ4n) is 1.81. The normalized spacial score (nSPS) is 15.1. The molecule has 0 amide bonds. The van der Waals surface area contributed by atoms with E-state index < -0.39 is 16.9 Å². The van der Waals surface area contributed by atoms with Crippen molar-refractivity contribution in [2.45, 2.75) is 5.03 Å². The summed E-state index contributed by atoms with van der Waals surface area (Å²) in [5, 5.41) is 14.8. The number of aromatic carboxylic acids is 1. The van der Waals surface area contributed by atoms with Crippen molar-refractivity contribution < 1.29 is 9.90 Å². The van der Waals surface area contributed by atoms with Crippen LogP contribution in [0.1, 0.15) is 9.67 Å². The van der Waals surface area contributed by atoms with Gasteiger partial charge in [0.25, 0.3) is 0 Å². The summed E-state index contributed by atoms with van der Waals surface area (Å²) in [6, 6.07) is 9.68. The first-order chi connectivity index (χ1) is 9.25. The van der Waals surface area contributed by atoms with Crippen LogP contribution < -0.4 is 0 Å². The Bertz CT molecular complexity index is 662. The van der Waals surface area contributed by atoms with Gasteiger partial charge in [0.2, 0.25) is 0 Å². The molecule has 19 heavy (non-hydrogen) atoms. The second kappa shape index (κ2) is 5.03. The van der Waals surface area contributed by atoms with Crippen molar-refractivity contribution in [2.24, 2.45) is 0 Å². The lowest BCUT2D eigenvalue weighted by atomic mass is 10.2. The standard InChI is InChI=1S/C14H11NO2S2/c16-14(17)11-13(19-8-4-5-9-19)15-12(18-11)10-6-2-1-3-7-10/h1-9,19H,(H,16,17). The van der Waals surface area contributed by atoms with Gasteiger partial charge in [-0.2, -0.15) is 10.9 Å². The predicted octanol–water partition coefficient (Wildman–Crippen LogP) is 3.91. The summed E-state index contributed by atoms with van der Waals surface area (Å²) in [6.07, 6.45) is 3.89. The maximum atomic E-state index is 11.4. The van der Waals surface area contributed by atoms with Crippen LogP contribution in [-0.2, 0) is 0 Å². The van der Waals surface area contributed by atoms with Crippen LogP contribution in [0.5, 0.6) is 0 Å². The van der Waals surface area contributed by atoms with Gasteiger partial charge in [-0.1, -0.05) is 42.5 Å². The zero-order chi connectivity index (χ0) is 13.2. The van der Waals surface area contributed by atoms with Gasteiger partial charge in [-0.15, -0.1) is 11.3 Å². The predicted molar refractivity (Wildman–Crippen MR) is 80.0 cm³/mol. The SMILES string of the molecule is O=C(O)c1sc(-c2ccccc2)nc1[SH]1C=CC=C1. The maximum Gasteiger partial charge on any atom is 0.348 e. The number of carboxylic acid groups (broad SMARTS) is 1. The lowest BCUT2D eigenvalue weighted by Gasteiger charge is -2.06. The first-order valence-corrected chi connectivity index (χ1v) is 7.98. The Hall–Kier alpha value is -1.85. The van der Waals surface area contributed by atoms with Crippen LogP contribution in [0.15, 0.2) is 58.3 Å². The molecule has 0 saturated heterocycles. The molecule has 5 heteroatoms. The molecule has 2 heterocycles. The molecule has 1 N–H and O–H groups in total. The quantitative estimate of drug-likeness (QED) is 0.842. The number of thiol groups is 1. The third-order valence-electron chi connectivity index (χ3n) is 2.67. The molecule has 0 aliphatic carbocycles. The summed E-state index contributed by atoms with van der Waals surface area (Å²) in [7, 11) is -0.706. The minimum absolute atomic E-state index is 0.348. The van der Waals surface area contributed by atoms with Crippen LogP contribution >= 0.6 is 22.2 Å². The minimum Gasteiger partial charge on any atom is -0.477 e. The smallest absolute Gasteiger partial charge is 0.348 e. The second-order valence-electron chi connectivity index (χ2n) is 3.93. The van der Waals surface area contributed by atoms with Crippen molar-refractivity contribution in [3.63, 3.8) is 0 Å². The van der Waals surface area contributed by atoms with E-state index in [0.29, 0.717) is 9.90 Å². The van der Waals surface area contributed by atoms with E-state index in [1.807, 2.05) is 53.3 Å². The molecule has 0 bridgehead atoms. The average Bonchev–Trinajstić information content (AvgIpc) is 3.08. The molecule has 0 fully saturated rings. The van der Waals surface area contributed by atoms with Crippen LogP contribution in [0.25, 0.3) is 10.6 Å². The number of thiazole rings is 1. The maximum absolute atomic E-state index is 11.4. The number of hydrogen-bond donors (Lipinski definition) is 2. The lowest BCUT2D eigenvalue weighted by Crippen LogP contribution is -1.95. The Morgan fingerprint density at radius 3 is 2.47 bits per heavy atom. The molecule has 0 unspecified atom stereocenters. The summed E-state index contributed by atoms with van der Waals surface area (Å²) in [5.41, 5.74) is 0.961. The van der Waals surface area contributed by atoms with Gasteiger partial charge in [-0.05, 0) is 10.8 Å². The second-order valence-corrected chi connectivity index (χ2v) is 6.77. The fraction of sp³-hybridized carbons (Fsp3) is 0. The van der Waals surface area contributed by atoms with Crippen LogP contribution in [0, 0.1) is 0 Å². The highest BCUT2D eigenvalue weighted by molar-refractivity contribution is 8.22. The molecule has 1 aromatic heterocycles. The summed E-state index contributed by atoms with van der Waals surface area (Å²) in [4.78, 5) is 16.3. The molecule has 0 atom stereocenters. The highest BCUT2D eigenvalue weighted by Crippen LogP contribution is 2.46. The van der Waals surface area contributed by atoms with Crippen molar-refractivity contribution in [3.8, 4) is 10.6 Å². The van der Waals surface area contributed by atoms with Gasteiger partial charge in [0, 0.05) is 5.56 Å². The molecular formula is C14H11NO2S2. The average molecular weight is 289 g/mol. The largest absolute Gasteiger partial charge is 0.477 e. The van der Waals surface area contributed by atoms with Crippen molar-refractivity contribution in [2.75, 3.05) is 0 Å². The van der Waals surface area contributed by atoms with E-state index in [1.54, 1.807) is 0 Å². The van der Waals surface area contributed by atoms with E-state index in [9.17, 15) is 9.90 Å². The van der Waals surface area contributed by atoms with E-state index in [4.69, 9.17) is 0 Å². The topological polar surface area (TPSA) is 50.2 Å². The molecule has 2 aromatic rings. The molecule has 3 nitrogen and oxygen atoms in total. The van der Waals surface area contributed by atoms with Crippen molar-refractivity contribution in [1.29, 1.82) is 0 Å². The Morgan fingerprint density at radius 2 is 1.84 bits per heavy atom. The van der Waals surface area contributed by atoms with Crippen LogP contribution in [0.3, 0.4) is 0 Å². The number of nitrogens with zero attached hydrogens (tertiary/aromatic N) is 1. The Balaban J connectivity index is 2.09. The van der Waals surface area contributed by atoms with E-state index in [-0.39, 0.29) is 0 Å². The number of allylic oxidation sites excluding steroid dienone is 2. The monoisotopic (exact) mass is 289 g/mol. The Labute approximate surface area is 117 Å². The summed E-state index contributed by atoms with van der Waals surface area (Å²) in [6.45, 7) is 0. The molecule has 1 aliphatic heterocycles. The molecule has 1 aromatic carbocycles. The van der Waals surface area contributed by atoms with Gasteiger partial charge in [-0.25, -0.2) is 9.78 Å². The van der Waals surface area contributed by atoms with E-state index in [2.05, 4.69) is 4.98 Å². The number of hydrogen-bond acceptors (Lipinski definition) is 3. The molecule has 3 rings (SSSR count). The van der Waals surface area contributed by atoms with Gasteiger partial charge in [0.05, 0.1) is 0 Å². The number of carbonyl (C=O) groups is 1. The molecular weight excluding hydrogens is 278 g/mol. The number of carboxylic acids is 1. The Morgan fingerprint density at radius 1 is 1.16 bits per heavy atom. The van der Waals surface area contributed by atoms with E-state index in [0.717, 1.165) is 10.6 Å². The highest BCUT2D eigenvalue weighted by atomic mass is 32.2. The Kier molecular flexibility index (Phi) is 3.23. The van der Waals surface area contributed by atoms with Gasteiger partial charge in [-0.3, -0.25) is 0 Å². The third kappa shape index (κ3) is 2.34. The molecule has 1 aliphatic rings. The summed E-state index contributed by atoms with van der Waals surface area (Å²) < 4.78 is 0. The number of aromatic nitrogens is 1. The third-order valence-corrected chi connectivity index (χ3v) is 5.72. The van der Waals surface area contributed by atoms with E-state index in [1.165, 1.54) is 11.3 Å². The lowest BCUT2D eigenvalue weighted by molar-refractivity contribution is 0.0698. The van der Waals surface area contributed by atoms with Crippen molar-refractivity contribution >= 4 is 28.2 Å². The highest BCUT2D eigenvalue weighted by Gasteiger charge is 2.21. The van der Waals surface area contributed by atoms with Crippen LogP contribution in [0.2, 0.25) is 0 Å². The summed E-state index contributed by atoms with van der Waals surface area (Å²) in [5.74, 6) is -0.897. The minimum atomic E-state index is -0.897.